The van der Waals surface area contributed by atoms with Crippen molar-refractivity contribution in [3.8, 4) is 0 Å². The SMILES string of the molecule is C=C(C)NC(=O)/C(=C/C(=C)C(F)(F)F)Nc1cccc(CC)c1. The second-order valence-corrected chi connectivity index (χ2v) is 4.99. The van der Waals surface area contributed by atoms with Crippen LogP contribution in [-0.4, -0.2) is 12.1 Å². The van der Waals surface area contributed by atoms with E-state index in [2.05, 4.69) is 23.8 Å². The largest absolute Gasteiger partial charge is 0.415 e. The maximum absolute atomic E-state index is 12.7. The highest BCUT2D eigenvalue weighted by atomic mass is 19.4. The van der Waals surface area contributed by atoms with E-state index >= 15 is 0 Å². The lowest BCUT2D eigenvalue weighted by atomic mass is 10.1. The van der Waals surface area contributed by atoms with E-state index in [4.69, 9.17) is 0 Å². The van der Waals surface area contributed by atoms with Gasteiger partial charge in [0.1, 0.15) is 5.70 Å². The van der Waals surface area contributed by atoms with Crippen LogP contribution in [0.3, 0.4) is 0 Å². The van der Waals surface area contributed by atoms with Gasteiger partial charge >= 0.3 is 6.18 Å². The second-order valence-electron chi connectivity index (χ2n) is 4.99. The molecule has 1 amide bonds. The molecule has 23 heavy (non-hydrogen) atoms. The molecule has 6 heteroatoms. The minimum absolute atomic E-state index is 0.261. The number of alkyl halides is 3. The molecule has 0 saturated heterocycles. The van der Waals surface area contributed by atoms with Gasteiger partial charge in [0.25, 0.3) is 5.91 Å². The van der Waals surface area contributed by atoms with Crippen molar-refractivity contribution in [3.05, 3.63) is 66.0 Å². The van der Waals surface area contributed by atoms with Gasteiger partial charge in [-0.05, 0) is 37.1 Å². The number of benzene rings is 1. The smallest absolute Gasteiger partial charge is 0.351 e. The molecule has 0 radical (unpaired) electrons. The molecule has 1 aromatic rings. The van der Waals surface area contributed by atoms with Crippen LogP contribution in [0.25, 0.3) is 0 Å². The number of carbonyl (C=O) groups is 1. The first-order valence-electron chi connectivity index (χ1n) is 6.94. The van der Waals surface area contributed by atoms with Gasteiger partial charge in [-0.15, -0.1) is 0 Å². The van der Waals surface area contributed by atoms with Crippen molar-refractivity contribution in [2.45, 2.75) is 26.4 Å². The van der Waals surface area contributed by atoms with Gasteiger partial charge < -0.3 is 10.6 Å². The average Bonchev–Trinajstić information content (AvgIpc) is 2.45. The van der Waals surface area contributed by atoms with Crippen LogP contribution in [0, 0.1) is 0 Å². The molecule has 0 spiro atoms. The van der Waals surface area contributed by atoms with Gasteiger partial charge in [-0.2, -0.15) is 13.2 Å². The van der Waals surface area contributed by atoms with Gasteiger partial charge in [0.15, 0.2) is 0 Å². The zero-order valence-electron chi connectivity index (χ0n) is 13.1. The van der Waals surface area contributed by atoms with E-state index in [0.717, 1.165) is 12.0 Å². The number of halogens is 3. The highest BCUT2D eigenvalue weighted by Gasteiger charge is 2.31. The standard InChI is InChI=1S/C17H19F3N2O/c1-5-13-7-6-8-14(10-13)22-15(16(23)21-11(2)3)9-12(4)17(18,19)20/h6-10,22H,2,4-5H2,1,3H3,(H,21,23)/b15-9-. The van der Waals surface area contributed by atoms with Crippen molar-refractivity contribution in [1.29, 1.82) is 0 Å². The molecule has 2 N–H and O–H groups in total. The highest BCUT2D eigenvalue weighted by Crippen LogP contribution is 2.26. The molecule has 0 aliphatic carbocycles. The summed E-state index contributed by atoms with van der Waals surface area (Å²) in [6.45, 7) is 9.95. The molecule has 0 aliphatic heterocycles. The maximum Gasteiger partial charge on any atom is 0.415 e. The Morgan fingerprint density at radius 3 is 2.48 bits per heavy atom. The molecule has 0 aromatic heterocycles. The zero-order valence-corrected chi connectivity index (χ0v) is 13.1. The molecule has 0 heterocycles. The molecule has 0 fully saturated rings. The molecule has 0 atom stereocenters. The lowest BCUT2D eigenvalue weighted by molar-refractivity contribution is -0.116. The molecule has 0 saturated carbocycles. The highest BCUT2D eigenvalue weighted by molar-refractivity contribution is 5.97. The third-order valence-electron chi connectivity index (χ3n) is 2.87. The lowest BCUT2D eigenvalue weighted by Gasteiger charge is -2.14. The molecule has 1 aromatic carbocycles. The van der Waals surface area contributed by atoms with E-state index in [0.29, 0.717) is 17.5 Å². The van der Waals surface area contributed by atoms with Crippen molar-refractivity contribution in [2.24, 2.45) is 0 Å². The van der Waals surface area contributed by atoms with E-state index < -0.39 is 17.7 Å². The summed E-state index contributed by atoms with van der Waals surface area (Å²) in [6.07, 6.45) is -3.17. The number of hydrogen-bond acceptors (Lipinski definition) is 2. The summed E-state index contributed by atoms with van der Waals surface area (Å²) < 4.78 is 38.0. The third kappa shape index (κ3) is 6.02. The second kappa shape index (κ2) is 7.67. The van der Waals surface area contributed by atoms with Crippen LogP contribution < -0.4 is 10.6 Å². The summed E-state index contributed by atoms with van der Waals surface area (Å²) in [5, 5.41) is 5.08. The summed E-state index contributed by atoms with van der Waals surface area (Å²) in [7, 11) is 0. The molecular formula is C17H19F3N2O. The van der Waals surface area contributed by atoms with Gasteiger partial charge in [-0.1, -0.05) is 32.2 Å². The fourth-order valence-electron chi connectivity index (χ4n) is 1.70. The number of allylic oxidation sites excluding steroid dienone is 3. The molecule has 1 rings (SSSR count). The van der Waals surface area contributed by atoms with Crippen molar-refractivity contribution < 1.29 is 18.0 Å². The Bertz CT molecular complexity index is 645. The number of nitrogens with one attached hydrogen (secondary N) is 2. The van der Waals surface area contributed by atoms with Gasteiger partial charge in [0, 0.05) is 11.4 Å². The van der Waals surface area contributed by atoms with E-state index in [-0.39, 0.29) is 5.70 Å². The Balaban J connectivity index is 3.13. The molecular weight excluding hydrogens is 305 g/mol. The Kier molecular flexibility index (Phi) is 6.18. The van der Waals surface area contributed by atoms with Crippen LogP contribution in [0.5, 0.6) is 0 Å². The quantitative estimate of drug-likeness (QED) is 0.604. The van der Waals surface area contributed by atoms with Crippen molar-refractivity contribution >= 4 is 11.6 Å². The lowest BCUT2D eigenvalue weighted by Crippen LogP contribution is -2.27. The van der Waals surface area contributed by atoms with Crippen LogP contribution in [0.2, 0.25) is 0 Å². The van der Waals surface area contributed by atoms with Crippen LogP contribution >= 0.6 is 0 Å². The number of rotatable bonds is 6. The van der Waals surface area contributed by atoms with E-state index in [1.807, 2.05) is 13.0 Å². The van der Waals surface area contributed by atoms with E-state index in [1.165, 1.54) is 6.92 Å². The summed E-state index contributed by atoms with van der Waals surface area (Å²) in [4.78, 5) is 12.1. The van der Waals surface area contributed by atoms with Gasteiger partial charge in [-0.25, -0.2) is 0 Å². The minimum atomic E-state index is -4.61. The maximum atomic E-state index is 12.7. The Morgan fingerprint density at radius 2 is 1.96 bits per heavy atom. The van der Waals surface area contributed by atoms with E-state index in [1.54, 1.807) is 18.2 Å². The predicted molar refractivity (Wildman–Crippen MR) is 85.7 cm³/mol. The summed E-state index contributed by atoms with van der Waals surface area (Å²) in [5.41, 5.74) is 0.446. The monoisotopic (exact) mass is 324 g/mol. The minimum Gasteiger partial charge on any atom is -0.351 e. The first kappa shape index (κ1) is 18.5. The molecule has 0 aliphatic rings. The molecule has 3 nitrogen and oxygen atoms in total. The predicted octanol–water partition coefficient (Wildman–Crippen LogP) is 4.31. The topological polar surface area (TPSA) is 41.1 Å². The summed E-state index contributed by atoms with van der Waals surface area (Å²) in [5.74, 6) is -0.718. The first-order valence-corrected chi connectivity index (χ1v) is 6.94. The molecule has 0 bridgehead atoms. The number of anilines is 1. The van der Waals surface area contributed by atoms with Gasteiger partial charge in [0.05, 0.1) is 5.57 Å². The van der Waals surface area contributed by atoms with Crippen LogP contribution in [-0.2, 0) is 11.2 Å². The van der Waals surface area contributed by atoms with Crippen molar-refractivity contribution in [3.63, 3.8) is 0 Å². The zero-order chi connectivity index (χ0) is 17.6. The first-order chi connectivity index (χ1) is 10.6. The third-order valence-corrected chi connectivity index (χ3v) is 2.87. The number of hydrogen-bond donors (Lipinski definition) is 2. The average molecular weight is 324 g/mol. The van der Waals surface area contributed by atoms with Crippen LogP contribution in [0.4, 0.5) is 18.9 Å². The Morgan fingerprint density at radius 1 is 1.30 bits per heavy atom. The number of amides is 1. The normalized spacial score (nSPS) is 11.8. The van der Waals surface area contributed by atoms with E-state index in [9.17, 15) is 18.0 Å². The van der Waals surface area contributed by atoms with Crippen molar-refractivity contribution in [2.75, 3.05) is 5.32 Å². The summed E-state index contributed by atoms with van der Waals surface area (Å²) >= 11 is 0. The summed E-state index contributed by atoms with van der Waals surface area (Å²) in [6, 6.07) is 7.07. The number of aryl methyl sites for hydroxylation is 1. The van der Waals surface area contributed by atoms with Gasteiger partial charge in [0.2, 0.25) is 0 Å². The van der Waals surface area contributed by atoms with Crippen LogP contribution in [0.15, 0.2) is 60.5 Å². The fourth-order valence-corrected chi connectivity index (χ4v) is 1.70. The Labute approximate surface area is 133 Å². The van der Waals surface area contributed by atoms with Gasteiger partial charge in [-0.3, -0.25) is 4.79 Å². The molecule has 0 unspecified atom stereocenters. The Hall–Kier alpha value is -2.50. The fraction of sp³-hybridized carbons (Fsp3) is 0.235. The number of carbonyl (C=O) groups excluding carboxylic acids is 1. The van der Waals surface area contributed by atoms with Crippen molar-refractivity contribution in [1.82, 2.24) is 5.32 Å². The molecule has 124 valence electrons. The van der Waals surface area contributed by atoms with Crippen LogP contribution in [0.1, 0.15) is 19.4 Å².